The topological polar surface area (TPSA) is 70.3 Å². The van der Waals surface area contributed by atoms with Gasteiger partial charge in [-0.05, 0) is 0 Å². The molecule has 0 radical (unpaired) electrons. The summed E-state index contributed by atoms with van der Waals surface area (Å²) in [5.74, 6) is 1.08. The maximum atomic E-state index is 9.92. The predicted octanol–water partition coefficient (Wildman–Crippen LogP) is -2.58. The van der Waals surface area contributed by atoms with Gasteiger partial charge >= 0.3 is 26.5 Å². The fourth-order valence-corrected chi connectivity index (χ4v) is 0.122. The van der Waals surface area contributed by atoms with E-state index in [0.717, 1.165) is 12.9 Å². The van der Waals surface area contributed by atoms with E-state index in [9.17, 15) is 4.57 Å². The Balaban J connectivity index is -0.000000180. The SMILES string of the molecule is COP(=O)(O)C#N.[H-].[Li+]. The van der Waals surface area contributed by atoms with Crippen LogP contribution >= 0.6 is 7.60 Å². The van der Waals surface area contributed by atoms with Gasteiger partial charge in [-0.25, -0.2) is 4.57 Å². The Morgan fingerprint density at radius 2 is 2.38 bits per heavy atom. The third-order valence-electron chi connectivity index (χ3n) is 0.374. The molecular formula is C2H5LiNO3P. The molecule has 0 spiro atoms. The van der Waals surface area contributed by atoms with Crippen LogP contribution in [-0.4, -0.2) is 12.0 Å². The van der Waals surface area contributed by atoms with Gasteiger partial charge in [-0.1, -0.05) is 0 Å². The number of nitrogens with zero attached hydrogens (tertiary/aromatic N) is 1. The minimum atomic E-state index is -3.85. The molecule has 0 aromatic carbocycles. The number of hydrogen-bond acceptors (Lipinski definition) is 3. The van der Waals surface area contributed by atoms with Crippen LogP contribution in [0.3, 0.4) is 0 Å². The molecule has 0 saturated heterocycles. The molecule has 0 aliphatic rings. The molecule has 0 aromatic heterocycles. The van der Waals surface area contributed by atoms with Gasteiger partial charge in [-0.15, -0.1) is 0 Å². The molecule has 0 saturated carbocycles. The molecule has 0 rings (SSSR count). The van der Waals surface area contributed by atoms with E-state index in [1.807, 2.05) is 0 Å². The van der Waals surface area contributed by atoms with Gasteiger partial charge in [-0.3, -0.25) is 0 Å². The zero-order valence-electron chi connectivity index (χ0n) is 5.66. The number of hydrogen-bond donors (Lipinski definition) is 1. The van der Waals surface area contributed by atoms with Crippen LogP contribution in [-0.2, 0) is 9.09 Å². The first-order valence-corrected chi connectivity index (χ1v) is 3.00. The average molecular weight is 129 g/mol. The van der Waals surface area contributed by atoms with E-state index in [0.29, 0.717) is 0 Å². The van der Waals surface area contributed by atoms with E-state index >= 15 is 0 Å². The maximum absolute atomic E-state index is 9.92. The van der Waals surface area contributed by atoms with Crippen molar-refractivity contribution in [3.05, 3.63) is 0 Å². The number of rotatable bonds is 1. The van der Waals surface area contributed by atoms with Gasteiger partial charge < -0.3 is 10.8 Å². The van der Waals surface area contributed by atoms with Crippen molar-refractivity contribution in [1.82, 2.24) is 0 Å². The van der Waals surface area contributed by atoms with Crippen molar-refractivity contribution in [3.63, 3.8) is 0 Å². The Labute approximate surface area is 60.6 Å². The fourth-order valence-electron chi connectivity index (χ4n) is 0.0408. The predicted molar refractivity (Wildman–Crippen MR) is 23.6 cm³/mol. The molecular weight excluding hydrogens is 124 g/mol. The first kappa shape index (κ1) is 11.1. The van der Waals surface area contributed by atoms with Crippen molar-refractivity contribution in [3.8, 4) is 5.81 Å². The van der Waals surface area contributed by atoms with E-state index in [2.05, 4.69) is 4.52 Å². The largest absolute Gasteiger partial charge is 1.00 e. The van der Waals surface area contributed by atoms with Crippen molar-refractivity contribution in [2.75, 3.05) is 7.11 Å². The third kappa shape index (κ3) is 4.40. The molecule has 0 bridgehead atoms. The summed E-state index contributed by atoms with van der Waals surface area (Å²) in [4.78, 5) is 8.10. The Morgan fingerprint density at radius 1 is 2.00 bits per heavy atom. The van der Waals surface area contributed by atoms with E-state index in [-0.39, 0.29) is 20.3 Å². The molecule has 1 N–H and O–H groups in total. The molecule has 0 amide bonds. The Morgan fingerprint density at radius 3 is 2.38 bits per heavy atom. The minimum Gasteiger partial charge on any atom is -1.00 e. The molecule has 0 heterocycles. The van der Waals surface area contributed by atoms with Crippen LogP contribution in [0.4, 0.5) is 0 Å². The van der Waals surface area contributed by atoms with Crippen LogP contribution in [0.1, 0.15) is 1.43 Å². The Kier molecular flexibility index (Phi) is 5.75. The Hall–Kier alpha value is 0.237. The second-order valence-electron chi connectivity index (χ2n) is 0.803. The first-order valence-electron chi connectivity index (χ1n) is 1.42. The van der Waals surface area contributed by atoms with Gasteiger partial charge in [0.25, 0.3) is 0 Å². The van der Waals surface area contributed by atoms with Crippen molar-refractivity contribution in [1.29, 1.82) is 5.26 Å². The van der Waals surface area contributed by atoms with Gasteiger partial charge in [0, 0.05) is 7.11 Å². The van der Waals surface area contributed by atoms with E-state index in [4.69, 9.17) is 10.2 Å². The summed E-state index contributed by atoms with van der Waals surface area (Å²) < 4.78 is 13.8. The van der Waals surface area contributed by atoms with Crippen molar-refractivity contribution < 1.29 is 34.3 Å². The molecule has 0 aromatic rings. The van der Waals surface area contributed by atoms with Crippen LogP contribution in [0.2, 0.25) is 0 Å². The molecule has 1 atom stereocenters. The van der Waals surface area contributed by atoms with Gasteiger partial charge in [0.1, 0.15) is 0 Å². The van der Waals surface area contributed by atoms with Gasteiger partial charge in [-0.2, -0.15) is 5.26 Å². The molecule has 1 unspecified atom stereocenters. The van der Waals surface area contributed by atoms with E-state index in [1.54, 1.807) is 0 Å². The van der Waals surface area contributed by atoms with Crippen LogP contribution in [0.15, 0.2) is 0 Å². The molecule has 6 heteroatoms. The van der Waals surface area contributed by atoms with Crippen molar-refractivity contribution in [2.45, 2.75) is 0 Å². The summed E-state index contributed by atoms with van der Waals surface area (Å²) in [6, 6.07) is 0. The van der Waals surface area contributed by atoms with Crippen LogP contribution in [0.25, 0.3) is 0 Å². The first-order chi connectivity index (χ1) is 3.12. The van der Waals surface area contributed by atoms with Gasteiger partial charge in [0.2, 0.25) is 0 Å². The molecule has 8 heavy (non-hydrogen) atoms. The normalized spacial score (nSPS) is 15.1. The summed E-state index contributed by atoms with van der Waals surface area (Å²) in [6.07, 6.45) is 0. The zero-order valence-corrected chi connectivity index (χ0v) is 5.55. The molecule has 0 aliphatic carbocycles. The number of nitriles is 1. The van der Waals surface area contributed by atoms with Crippen LogP contribution in [0.5, 0.6) is 0 Å². The summed E-state index contributed by atoms with van der Waals surface area (Å²) in [5, 5.41) is 7.71. The second kappa shape index (κ2) is 4.15. The second-order valence-corrected chi connectivity index (χ2v) is 2.41. The Bertz CT molecular complexity index is 145. The molecule has 0 fully saturated rings. The summed E-state index contributed by atoms with van der Waals surface area (Å²) in [6.45, 7) is 0. The summed E-state index contributed by atoms with van der Waals surface area (Å²) in [7, 11) is -2.84. The van der Waals surface area contributed by atoms with Crippen molar-refractivity contribution in [2.24, 2.45) is 0 Å². The molecule has 4 nitrogen and oxygen atoms in total. The minimum absolute atomic E-state index is 0. The quantitative estimate of drug-likeness (QED) is 0.311. The maximum Gasteiger partial charge on any atom is 1.00 e. The van der Waals surface area contributed by atoms with Crippen LogP contribution < -0.4 is 18.9 Å². The molecule has 0 aliphatic heterocycles. The monoisotopic (exact) mass is 129 g/mol. The standard InChI is InChI=1S/C2H4NO3P.Li.H/c1-6-7(4,5)2-3;;/h1H3,(H,4,5);;/q;+1;-1. The molecule has 42 valence electrons. The third-order valence-corrected chi connectivity index (χ3v) is 1.12. The fraction of sp³-hybridized carbons (Fsp3) is 0.500. The summed E-state index contributed by atoms with van der Waals surface area (Å²) >= 11 is 0. The zero-order chi connectivity index (χ0) is 5.91. The van der Waals surface area contributed by atoms with Crippen LogP contribution in [0, 0.1) is 11.1 Å². The van der Waals surface area contributed by atoms with E-state index < -0.39 is 7.60 Å². The van der Waals surface area contributed by atoms with E-state index in [1.165, 1.54) is 0 Å². The van der Waals surface area contributed by atoms with Gasteiger partial charge in [0.05, 0.1) is 0 Å². The average Bonchev–Trinajstić information content (AvgIpc) is 1.68. The van der Waals surface area contributed by atoms with Gasteiger partial charge in [0.15, 0.2) is 5.81 Å². The van der Waals surface area contributed by atoms with Crippen molar-refractivity contribution >= 4 is 7.60 Å². The summed E-state index contributed by atoms with van der Waals surface area (Å²) in [5.41, 5.74) is 0. The smallest absolute Gasteiger partial charge is 1.00 e.